The van der Waals surface area contributed by atoms with Crippen molar-refractivity contribution in [3.63, 3.8) is 0 Å². The highest BCUT2D eigenvalue weighted by Gasteiger charge is 2.42. The van der Waals surface area contributed by atoms with E-state index in [-0.39, 0.29) is 196 Å². The molecular weight excluding hydrogens is 1340 g/mol. The summed E-state index contributed by atoms with van der Waals surface area (Å²) in [5.41, 5.74) is 20.9. The van der Waals surface area contributed by atoms with Crippen molar-refractivity contribution in [1.82, 2.24) is 72.7 Å². The molecule has 0 saturated carbocycles. The van der Waals surface area contributed by atoms with Gasteiger partial charge in [-0.1, -0.05) is 41.5 Å². The highest BCUT2D eigenvalue weighted by Crippen LogP contribution is 2.50. The number of nitrogens with two attached hydrogens (primary N) is 3. The number of aliphatic hydroxyl groups is 1. The fourth-order valence-corrected chi connectivity index (χ4v) is 10.5. The van der Waals surface area contributed by atoms with E-state index >= 15 is 0 Å². The standard InChI is InChI=1S/C15H29N5O4.C14H28O10P2.C13H27N7O4.C13H25N5O6/c1-4-14(23)19(8-6-16)11-13(22)18-7-9-20(15(24)5-2)10-12(21)17-3;1-9-4-11(8-25(16,17)20-3)14(23-9)7-21-26(18,19)24-12-5-10(2)22-13(12)6-15;1-4-10(21)19(8-6-14)18-13(24)16-7-9-20(11(22)5-2)17-12(23)15-3;1-4-10(19)17(8-6-14)24-13(22)16-7-9-18(11(20)5-2)23-12(21)15-3/h4-11,16H2,1-3H3,(H,17,21)(H,18,22);9-15H,4-8H2,1-3H3,(H,16,17)(H,18,19);4-9,14H2,1-3H3,(H2,15,17,23)(H2,16,18,24);4-9,14H2,1-3H3,(H,15,21)(H,16,22). The molecule has 17 N–H and O–H groups in total. The van der Waals surface area contributed by atoms with Gasteiger partial charge in [0.2, 0.25) is 35.4 Å². The zero-order valence-electron chi connectivity index (χ0n) is 58.4. The summed E-state index contributed by atoms with van der Waals surface area (Å²) in [6.45, 7) is 14.5. The SMILES string of the molecule is CCC(=O)N(CCNC(=O)CN(CCN)C(=O)CC)CC(=O)NC.CCC(=O)N(CCNC(=O)NN(CCN)C(=O)CC)NC(=O)NC.CCC(=O)N(CCNC(=O)ON(CCN)C(=O)CC)OC(=O)NC.COP(=O)(O)CC1CC(C)OC1COP(=O)(O)OC1CC(C)OC1CO. The van der Waals surface area contributed by atoms with E-state index < -0.39 is 63.9 Å². The number of aliphatic hydroxyl groups excluding tert-OH is 1. The Hall–Kier alpha value is -7.14. The minimum absolute atomic E-state index is 0.0433. The zero-order chi connectivity index (χ0) is 75.1. The lowest BCUT2D eigenvalue weighted by Gasteiger charge is -2.24. The third-order valence-corrected chi connectivity index (χ3v) is 16.0. The van der Waals surface area contributed by atoms with Crippen molar-refractivity contribution in [3.05, 3.63) is 0 Å². The Kier molecular flexibility index (Phi) is 49.3. The van der Waals surface area contributed by atoms with E-state index in [0.29, 0.717) is 25.8 Å². The maximum Gasteiger partial charge on any atom is 0.472 e. The summed E-state index contributed by atoms with van der Waals surface area (Å²) >= 11 is 0. The van der Waals surface area contributed by atoms with Gasteiger partial charge >= 0.3 is 39.7 Å². The Labute approximate surface area is 571 Å². The molecule has 0 aliphatic carbocycles. The number of nitrogens with one attached hydrogen (secondary N) is 8. The molecule has 98 heavy (non-hydrogen) atoms. The molecule has 43 heteroatoms. The Bertz CT molecular complexity index is 2380. The summed E-state index contributed by atoms with van der Waals surface area (Å²) in [5, 5.41) is 27.7. The van der Waals surface area contributed by atoms with E-state index in [1.165, 1.54) is 30.9 Å². The number of likely N-dealkylation sites (N-methyl/N-ethyl adjacent to an activating group) is 1. The van der Waals surface area contributed by atoms with E-state index in [1.54, 1.807) is 55.4 Å². The van der Waals surface area contributed by atoms with Gasteiger partial charge in [0.25, 0.3) is 11.8 Å². The molecule has 0 bridgehead atoms. The zero-order valence-corrected chi connectivity index (χ0v) is 60.2. The van der Waals surface area contributed by atoms with Crippen LogP contribution in [0.5, 0.6) is 0 Å². The number of carbonyl (C=O) groups excluding carboxylic acids is 12. The maximum absolute atomic E-state index is 12.2. The molecule has 8 unspecified atom stereocenters. The minimum Gasteiger partial charge on any atom is -0.394 e. The van der Waals surface area contributed by atoms with Crippen molar-refractivity contribution < 1.29 is 114 Å². The van der Waals surface area contributed by atoms with Crippen LogP contribution in [0.2, 0.25) is 0 Å². The van der Waals surface area contributed by atoms with Crippen molar-refractivity contribution in [2.45, 2.75) is 137 Å². The number of rotatable bonds is 34. The van der Waals surface area contributed by atoms with Crippen LogP contribution in [0.1, 0.15) is 107 Å². The first kappa shape index (κ1) is 92.9. The van der Waals surface area contributed by atoms with Gasteiger partial charge in [-0.05, 0) is 20.3 Å². The van der Waals surface area contributed by atoms with Gasteiger partial charge in [0, 0.05) is 131 Å². The molecule has 0 aromatic rings. The number of hydrogen-bond donors (Lipinski definition) is 14. The van der Waals surface area contributed by atoms with Gasteiger partial charge in [-0.2, -0.15) is 10.1 Å². The van der Waals surface area contributed by atoms with Crippen LogP contribution in [0, 0.1) is 5.92 Å². The lowest BCUT2D eigenvalue weighted by molar-refractivity contribution is -0.166. The molecular formula is C55H109N17O24P2. The average Bonchev–Trinajstić information content (AvgIpc) is 1.69. The molecule has 2 rings (SSSR count). The molecule has 2 fully saturated rings. The van der Waals surface area contributed by atoms with Crippen molar-refractivity contribution in [2.24, 2.45) is 23.1 Å². The van der Waals surface area contributed by atoms with Gasteiger partial charge in [-0.15, -0.1) is 0 Å². The number of carbonyl (C=O) groups is 12. The van der Waals surface area contributed by atoms with E-state index in [2.05, 4.69) is 47.3 Å². The molecule has 2 aliphatic rings. The number of hydroxylamine groups is 4. The largest absolute Gasteiger partial charge is 0.472 e. The molecule has 0 spiro atoms. The summed E-state index contributed by atoms with van der Waals surface area (Å²) in [4.78, 5) is 171. The molecule has 8 atom stereocenters. The first-order valence-corrected chi connectivity index (χ1v) is 35.2. The van der Waals surface area contributed by atoms with Gasteiger partial charge < -0.3 is 97.5 Å². The van der Waals surface area contributed by atoms with Crippen molar-refractivity contribution in [1.29, 1.82) is 0 Å². The van der Waals surface area contributed by atoms with Crippen LogP contribution >= 0.6 is 15.4 Å². The van der Waals surface area contributed by atoms with E-state index in [4.69, 9.17) is 45.4 Å². The number of phosphoric acid groups is 1. The van der Waals surface area contributed by atoms with E-state index in [0.717, 1.165) is 27.3 Å². The molecule has 0 radical (unpaired) electrons. The smallest absolute Gasteiger partial charge is 0.394 e. The molecule has 2 saturated heterocycles. The summed E-state index contributed by atoms with van der Waals surface area (Å²) in [5.74, 6) is -2.63. The second kappa shape index (κ2) is 52.0. The Balaban J connectivity index is 0. The monoisotopic (exact) mass is 1450 g/mol. The van der Waals surface area contributed by atoms with Crippen LogP contribution in [-0.2, 0) is 80.2 Å². The third kappa shape index (κ3) is 40.1. The number of urea groups is 2. The molecule has 2 aliphatic heterocycles. The summed E-state index contributed by atoms with van der Waals surface area (Å²) in [6.07, 6.45) is -2.09. The predicted molar refractivity (Wildman–Crippen MR) is 351 cm³/mol. The quantitative estimate of drug-likeness (QED) is 0.0232. The lowest BCUT2D eigenvalue weighted by Crippen LogP contribution is -2.54. The number of amides is 14. The first-order chi connectivity index (χ1) is 46.2. The number of phosphoric ester groups is 1. The first-order valence-electron chi connectivity index (χ1n) is 31.9. The van der Waals surface area contributed by atoms with Crippen LogP contribution in [0.3, 0.4) is 0 Å². The summed E-state index contributed by atoms with van der Waals surface area (Å²) in [6, 6.07) is -1.14. The topological polar surface area (TPSA) is 558 Å². The minimum atomic E-state index is -4.41. The van der Waals surface area contributed by atoms with Gasteiger partial charge in [-0.3, -0.25) is 62.0 Å². The van der Waals surface area contributed by atoms with Gasteiger partial charge in [0.1, 0.15) is 12.2 Å². The van der Waals surface area contributed by atoms with E-state index in [9.17, 15) is 81.6 Å². The molecule has 14 amide bonds. The molecule has 2 heterocycles. The fraction of sp³-hybridized carbons (Fsp3) is 0.782. The maximum atomic E-state index is 12.2. The number of nitrogens with zero attached hydrogens (tertiary/aromatic N) is 6. The van der Waals surface area contributed by atoms with Crippen LogP contribution in [0.4, 0.5) is 19.2 Å². The van der Waals surface area contributed by atoms with Gasteiger partial charge in [0.15, 0.2) is 0 Å². The second-order valence-electron chi connectivity index (χ2n) is 21.0. The highest BCUT2D eigenvalue weighted by atomic mass is 31.2. The lowest BCUT2D eigenvalue weighted by atomic mass is 10.0. The van der Waals surface area contributed by atoms with Crippen molar-refractivity contribution in [2.75, 3.05) is 139 Å². The van der Waals surface area contributed by atoms with Crippen LogP contribution < -0.4 is 60.0 Å². The van der Waals surface area contributed by atoms with Crippen LogP contribution in [0.25, 0.3) is 0 Å². The van der Waals surface area contributed by atoms with Crippen molar-refractivity contribution >= 4 is 86.9 Å². The van der Waals surface area contributed by atoms with Crippen molar-refractivity contribution in [3.8, 4) is 0 Å². The third-order valence-electron chi connectivity index (χ3n) is 13.5. The van der Waals surface area contributed by atoms with Gasteiger partial charge in [-0.25, -0.2) is 34.6 Å². The number of ether oxygens (including phenoxy) is 2. The number of hydrogen-bond acceptors (Lipinski definition) is 25. The normalized spacial score (nSPS) is 17.7. The molecule has 568 valence electrons. The highest BCUT2D eigenvalue weighted by molar-refractivity contribution is 7.52. The predicted octanol–water partition coefficient (Wildman–Crippen LogP) is -2.62. The number of hydrazine groups is 2. The Morgan fingerprint density at radius 3 is 1.50 bits per heavy atom. The van der Waals surface area contributed by atoms with Crippen LogP contribution in [-0.4, -0.2) is 286 Å². The summed E-state index contributed by atoms with van der Waals surface area (Å²) < 4.78 is 49.8. The summed E-state index contributed by atoms with van der Waals surface area (Å²) in [7, 11) is -2.72. The molecule has 41 nitrogen and oxygen atoms in total. The molecule has 0 aromatic heterocycles. The van der Waals surface area contributed by atoms with Crippen LogP contribution in [0.15, 0.2) is 0 Å². The Morgan fingerprint density at radius 2 is 1.00 bits per heavy atom. The molecule has 0 aromatic carbocycles. The fourth-order valence-electron chi connectivity index (χ4n) is 8.41. The second-order valence-corrected chi connectivity index (χ2v) is 24.4. The Morgan fingerprint density at radius 1 is 0.531 bits per heavy atom. The van der Waals surface area contributed by atoms with Gasteiger partial charge in [0.05, 0.1) is 77.0 Å². The van der Waals surface area contributed by atoms with E-state index in [1.807, 2.05) is 0 Å². The average molecular weight is 1450 g/mol.